The first-order chi connectivity index (χ1) is 13.6. The van der Waals surface area contributed by atoms with Crippen LogP contribution in [0.5, 0.6) is 0 Å². The molecule has 0 bridgehead atoms. The average Bonchev–Trinajstić information content (AvgIpc) is 3.34. The molecule has 4 rings (SSSR count). The molecule has 0 atom stereocenters. The van der Waals surface area contributed by atoms with Crippen molar-refractivity contribution in [3.63, 3.8) is 0 Å². The van der Waals surface area contributed by atoms with Gasteiger partial charge in [0.1, 0.15) is 11.1 Å². The van der Waals surface area contributed by atoms with Crippen LogP contribution in [0.2, 0.25) is 0 Å². The normalized spacial score (nSPS) is 16.8. The van der Waals surface area contributed by atoms with Gasteiger partial charge in [0.2, 0.25) is 5.91 Å². The van der Waals surface area contributed by atoms with Crippen molar-refractivity contribution in [3.05, 3.63) is 27.4 Å². The maximum Gasteiger partial charge on any atom is 0.235 e. The Labute approximate surface area is 174 Å². The highest BCUT2D eigenvalue weighted by Gasteiger charge is 2.25. The van der Waals surface area contributed by atoms with Crippen molar-refractivity contribution in [3.8, 4) is 6.07 Å². The van der Waals surface area contributed by atoms with Gasteiger partial charge in [-0.15, -0.1) is 11.3 Å². The van der Waals surface area contributed by atoms with Crippen LogP contribution < -0.4 is 5.32 Å². The molecule has 0 saturated heterocycles. The van der Waals surface area contributed by atoms with Crippen LogP contribution in [-0.2, 0) is 17.6 Å². The summed E-state index contributed by atoms with van der Waals surface area (Å²) in [6.07, 6.45) is 9.35. The molecule has 1 amide bonds. The summed E-state index contributed by atoms with van der Waals surface area (Å²) in [7, 11) is 0. The van der Waals surface area contributed by atoms with Gasteiger partial charge in [0.25, 0.3) is 0 Å². The zero-order valence-corrected chi connectivity index (χ0v) is 18.1. The van der Waals surface area contributed by atoms with Gasteiger partial charge in [0.15, 0.2) is 5.16 Å². The Morgan fingerprint density at radius 3 is 2.82 bits per heavy atom. The third-order valence-corrected chi connectivity index (χ3v) is 8.07. The molecule has 1 fully saturated rings. The third kappa shape index (κ3) is 3.72. The predicted molar refractivity (Wildman–Crippen MR) is 114 cm³/mol. The Bertz CT molecular complexity index is 931. The predicted octanol–water partition coefficient (Wildman–Crippen LogP) is 5.16. The second-order valence-corrected chi connectivity index (χ2v) is 9.78. The zero-order valence-electron chi connectivity index (χ0n) is 16.5. The van der Waals surface area contributed by atoms with E-state index in [2.05, 4.69) is 22.9 Å². The summed E-state index contributed by atoms with van der Waals surface area (Å²) < 4.78 is 2.35. The molecular formula is C21H26N4OS2. The van der Waals surface area contributed by atoms with E-state index in [1.165, 1.54) is 54.4 Å². The van der Waals surface area contributed by atoms with Crippen molar-refractivity contribution in [2.75, 3.05) is 11.1 Å². The van der Waals surface area contributed by atoms with Crippen molar-refractivity contribution in [1.82, 2.24) is 9.55 Å². The molecule has 0 spiro atoms. The number of aromatic nitrogens is 2. The molecule has 2 aromatic rings. The van der Waals surface area contributed by atoms with E-state index in [9.17, 15) is 10.1 Å². The number of nitriles is 1. The molecule has 0 radical (unpaired) electrons. The maximum atomic E-state index is 12.6. The van der Waals surface area contributed by atoms with Crippen LogP contribution >= 0.6 is 23.1 Å². The van der Waals surface area contributed by atoms with Gasteiger partial charge in [0.05, 0.1) is 17.0 Å². The van der Waals surface area contributed by atoms with Crippen molar-refractivity contribution < 1.29 is 4.79 Å². The molecular weight excluding hydrogens is 388 g/mol. The molecule has 2 aliphatic rings. The second-order valence-electron chi connectivity index (χ2n) is 7.74. The largest absolute Gasteiger partial charge is 0.320 e. The lowest BCUT2D eigenvalue weighted by Crippen LogP contribution is -2.17. The number of fused-ring (bicyclic) bond motifs is 1. The van der Waals surface area contributed by atoms with Crippen LogP contribution in [0.1, 0.15) is 72.0 Å². The standard InChI is InChI=1S/C21H26N4OS2/c1-13-14(2)25(15-7-4-3-5-8-15)21(23-13)27-12-19(26)24-20-17(11-22)16-9-6-10-18(16)28-20/h15H,3-10,12H2,1-2H3,(H,24,26). The van der Waals surface area contributed by atoms with Gasteiger partial charge in [0, 0.05) is 16.6 Å². The van der Waals surface area contributed by atoms with Crippen molar-refractivity contribution in [1.29, 1.82) is 5.26 Å². The zero-order chi connectivity index (χ0) is 19.7. The fourth-order valence-electron chi connectivity index (χ4n) is 4.37. The Kier molecular flexibility index (Phi) is 5.79. The lowest BCUT2D eigenvalue weighted by atomic mass is 9.95. The van der Waals surface area contributed by atoms with E-state index in [4.69, 9.17) is 4.98 Å². The summed E-state index contributed by atoms with van der Waals surface area (Å²) in [5, 5.41) is 14.1. The molecule has 7 heteroatoms. The van der Waals surface area contributed by atoms with E-state index in [1.807, 2.05) is 6.92 Å². The lowest BCUT2D eigenvalue weighted by Gasteiger charge is -2.26. The minimum atomic E-state index is -0.0603. The molecule has 2 heterocycles. The van der Waals surface area contributed by atoms with Crippen LogP contribution in [0.4, 0.5) is 5.00 Å². The van der Waals surface area contributed by atoms with Gasteiger partial charge in [-0.25, -0.2) is 4.98 Å². The molecule has 2 aliphatic carbocycles. The first-order valence-electron chi connectivity index (χ1n) is 10.1. The first kappa shape index (κ1) is 19.5. The highest BCUT2D eigenvalue weighted by molar-refractivity contribution is 7.99. The SMILES string of the molecule is Cc1nc(SCC(=O)Nc2sc3c(c2C#N)CCC3)n(C2CCCCC2)c1C. The minimum absolute atomic E-state index is 0.0603. The highest BCUT2D eigenvalue weighted by atomic mass is 32.2. The number of nitrogens with zero attached hydrogens (tertiary/aromatic N) is 3. The maximum absolute atomic E-state index is 12.6. The minimum Gasteiger partial charge on any atom is -0.320 e. The molecule has 0 unspecified atom stereocenters. The van der Waals surface area contributed by atoms with E-state index in [0.29, 0.717) is 17.4 Å². The Balaban J connectivity index is 1.45. The number of carbonyl (C=O) groups excluding carboxylic acids is 1. The van der Waals surface area contributed by atoms with Crippen molar-refractivity contribution in [2.24, 2.45) is 0 Å². The van der Waals surface area contributed by atoms with Crippen LogP contribution in [0, 0.1) is 25.2 Å². The third-order valence-electron chi connectivity index (χ3n) is 5.91. The molecule has 0 aliphatic heterocycles. The molecule has 0 aromatic carbocycles. The summed E-state index contributed by atoms with van der Waals surface area (Å²) in [5.74, 6) is 0.255. The Morgan fingerprint density at radius 1 is 1.29 bits per heavy atom. The number of anilines is 1. The topological polar surface area (TPSA) is 70.7 Å². The molecule has 1 saturated carbocycles. The fraction of sp³-hybridized carbons (Fsp3) is 0.571. The van der Waals surface area contributed by atoms with Crippen LogP contribution in [-0.4, -0.2) is 21.2 Å². The number of thiophene rings is 1. The summed E-state index contributed by atoms with van der Waals surface area (Å²) in [6.45, 7) is 4.18. The van der Waals surface area contributed by atoms with Crippen LogP contribution in [0.25, 0.3) is 0 Å². The summed E-state index contributed by atoms with van der Waals surface area (Å²) in [5.41, 5.74) is 4.09. The highest BCUT2D eigenvalue weighted by Crippen LogP contribution is 2.39. The van der Waals surface area contributed by atoms with Gasteiger partial charge in [-0.2, -0.15) is 5.26 Å². The number of rotatable bonds is 5. The number of hydrogen-bond acceptors (Lipinski definition) is 5. The smallest absolute Gasteiger partial charge is 0.235 e. The number of aryl methyl sites for hydroxylation is 2. The second kappa shape index (κ2) is 8.30. The Morgan fingerprint density at radius 2 is 2.07 bits per heavy atom. The monoisotopic (exact) mass is 414 g/mol. The van der Waals surface area contributed by atoms with E-state index >= 15 is 0 Å². The van der Waals surface area contributed by atoms with E-state index in [0.717, 1.165) is 40.7 Å². The summed E-state index contributed by atoms with van der Waals surface area (Å²) in [6, 6.07) is 2.80. The molecule has 1 N–H and O–H groups in total. The molecule has 148 valence electrons. The van der Waals surface area contributed by atoms with Gasteiger partial charge in [-0.3, -0.25) is 4.79 Å². The van der Waals surface area contributed by atoms with Crippen LogP contribution in [0.15, 0.2) is 5.16 Å². The lowest BCUT2D eigenvalue weighted by molar-refractivity contribution is -0.113. The quantitative estimate of drug-likeness (QED) is 0.686. The number of hydrogen-bond donors (Lipinski definition) is 1. The van der Waals surface area contributed by atoms with E-state index in [1.54, 1.807) is 11.3 Å². The molecule has 28 heavy (non-hydrogen) atoms. The Hall–Kier alpha value is -1.78. The van der Waals surface area contributed by atoms with E-state index < -0.39 is 0 Å². The van der Waals surface area contributed by atoms with Gasteiger partial charge in [-0.05, 0) is 51.5 Å². The summed E-state index contributed by atoms with van der Waals surface area (Å²) in [4.78, 5) is 18.6. The number of imidazole rings is 1. The van der Waals surface area contributed by atoms with Gasteiger partial charge in [-0.1, -0.05) is 31.0 Å². The van der Waals surface area contributed by atoms with E-state index in [-0.39, 0.29) is 5.91 Å². The van der Waals surface area contributed by atoms with Gasteiger partial charge >= 0.3 is 0 Å². The first-order valence-corrected chi connectivity index (χ1v) is 11.9. The average molecular weight is 415 g/mol. The number of nitrogens with one attached hydrogen (secondary N) is 1. The summed E-state index contributed by atoms with van der Waals surface area (Å²) >= 11 is 3.08. The fourth-order valence-corrected chi connectivity index (χ4v) is 6.59. The molecule has 2 aromatic heterocycles. The number of carbonyl (C=O) groups is 1. The van der Waals surface area contributed by atoms with Crippen LogP contribution in [0.3, 0.4) is 0 Å². The van der Waals surface area contributed by atoms with Gasteiger partial charge < -0.3 is 9.88 Å². The number of thioether (sulfide) groups is 1. The molecule has 5 nitrogen and oxygen atoms in total. The number of amides is 1. The van der Waals surface area contributed by atoms with Crippen molar-refractivity contribution in [2.45, 2.75) is 76.4 Å². The van der Waals surface area contributed by atoms with Crippen molar-refractivity contribution >= 4 is 34.0 Å².